The summed E-state index contributed by atoms with van der Waals surface area (Å²) in [5.41, 5.74) is 0. The third kappa shape index (κ3) is 16.2. The molecule has 0 heterocycles. The highest BCUT2D eigenvalue weighted by molar-refractivity contribution is 4.59. The molecule has 1 N–H and O–H groups in total. The molecular formula is C20H42O. The largest absolute Gasteiger partial charge is 0.396 e. The average molecular weight is 299 g/mol. The molecule has 0 aliphatic carbocycles. The average Bonchev–Trinajstić information content (AvgIpc) is 2.51. The second kappa shape index (κ2) is 18.0. The maximum absolute atomic E-state index is 9.45. The van der Waals surface area contributed by atoms with Gasteiger partial charge in [0, 0.05) is 6.61 Å². The molecule has 1 heteroatoms. The molecule has 0 fully saturated rings. The van der Waals surface area contributed by atoms with Crippen LogP contribution in [0, 0.1) is 5.92 Å². The Morgan fingerprint density at radius 1 is 0.524 bits per heavy atom. The highest BCUT2D eigenvalue weighted by Gasteiger charge is 2.06. The van der Waals surface area contributed by atoms with E-state index in [0.29, 0.717) is 12.5 Å². The molecule has 0 rings (SSSR count). The van der Waals surface area contributed by atoms with Crippen LogP contribution < -0.4 is 0 Å². The Hall–Kier alpha value is -0.0400. The van der Waals surface area contributed by atoms with Gasteiger partial charge in [-0.2, -0.15) is 0 Å². The fourth-order valence-electron chi connectivity index (χ4n) is 3.11. The van der Waals surface area contributed by atoms with Crippen molar-refractivity contribution in [1.29, 1.82) is 0 Å². The van der Waals surface area contributed by atoms with Crippen LogP contribution in [-0.2, 0) is 0 Å². The van der Waals surface area contributed by atoms with E-state index in [1.54, 1.807) is 0 Å². The van der Waals surface area contributed by atoms with Crippen LogP contribution in [0.2, 0.25) is 0 Å². The summed E-state index contributed by atoms with van der Waals surface area (Å²) in [4.78, 5) is 0. The van der Waals surface area contributed by atoms with Crippen molar-refractivity contribution in [2.24, 2.45) is 5.92 Å². The molecule has 0 aliphatic rings. The molecule has 21 heavy (non-hydrogen) atoms. The van der Waals surface area contributed by atoms with Crippen molar-refractivity contribution in [2.75, 3.05) is 6.61 Å². The Labute approximate surface area is 134 Å². The number of aliphatic hydroxyl groups is 1. The topological polar surface area (TPSA) is 20.2 Å². The van der Waals surface area contributed by atoms with Gasteiger partial charge in [0.25, 0.3) is 0 Å². The van der Waals surface area contributed by atoms with E-state index in [1.807, 2.05) is 0 Å². The predicted molar refractivity (Wildman–Crippen MR) is 95.8 cm³/mol. The normalized spacial score (nSPS) is 12.7. The van der Waals surface area contributed by atoms with Crippen molar-refractivity contribution in [3.8, 4) is 0 Å². The van der Waals surface area contributed by atoms with Crippen molar-refractivity contribution < 1.29 is 5.11 Å². The molecule has 1 unspecified atom stereocenters. The molecule has 128 valence electrons. The van der Waals surface area contributed by atoms with Crippen molar-refractivity contribution in [1.82, 2.24) is 0 Å². The van der Waals surface area contributed by atoms with Crippen LogP contribution in [0.15, 0.2) is 0 Å². The molecule has 0 radical (unpaired) electrons. The summed E-state index contributed by atoms with van der Waals surface area (Å²) in [6.45, 7) is 4.95. The van der Waals surface area contributed by atoms with Gasteiger partial charge in [0.05, 0.1) is 0 Å². The maximum Gasteiger partial charge on any atom is 0.0459 e. The van der Waals surface area contributed by atoms with Gasteiger partial charge in [-0.15, -0.1) is 0 Å². The first-order valence-electron chi connectivity index (χ1n) is 9.96. The van der Waals surface area contributed by atoms with E-state index in [-0.39, 0.29) is 0 Å². The fourth-order valence-corrected chi connectivity index (χ4v) is 3.11. The van der Waals surface area contributed by atoms with Gasteiger partial charge in [0.1, 0.15) is 0 Å². The standard InChI is InChI=1S/C20H42O/c1-3-5-7-9-10-11-12-14-16-18-20(19-21)17-15-13-8-6-4-2/h20-21H,3-19H2,1-2H3. The van der Waals surface area contributed by atoms with Gasteiger partial charge >= 0.3 is 0 Å². The van der Waals surface area contributed by atoms with Crippen LogP contribution in [0.25, 0.3) is 0 Å². The summed E-state index contributed by atoms with van der Waals surface area (Å²) in [5.74, 6) is 0.580. The zero-order chi connectivity index (χ0) is 15.6. The lowest BCUT2D eigenvalue weighted by Crippen LogP contribution is -2.06. The Balaban J connectivity index is 3.26. The van der Waals surface area contributed by atoms with Crippen LogP contribution in [0.1, 0.15) is 117 Å². The fraction of sp³-hybridized carbons (Fsp3) is 1.00. The summed E-state index contributed by atoms with van der Waals surface area (Å²) in [6, 6.07) is 0. The lowest BCUT2D eigenvalue weighted by molar-refractivity contribution is 0.204. The molecular weight excluding hydrogens is 256 g/mol. The first-order valence-corrected chi connectivity index (χ1v) is 9.96. The minimum absolute atomic E-state index is 0.408. The van der Waals surface area contributed by atoms with E-state index in [0.717, 1.165) is 0 Å². The molecule has 0 aromatic carbocycles. The SMILES string of the molecule is CCCCCCCCCCCC(CO)CCCCCCC. The second-order valence-electron chi connectivity index (χ2n) is 6.87. The van der Waals surface area contributed by atoms with Crippen LogP contribution in [0.3, 0.4) is 0 Å². The Morgan fingerprint density at radius 3 is 1.19 bits per heavy atom. The summed E-state index contributed by atoms with van der Waals surface area (Å²) in [7, 11) is 0. The predicted octanol–water partition coefficient (Wildman–Crippen LogP) is 6.88. The summed E-state index contributed by atoms with van der Waals surface area (Å²) < 4.78 is 0. The minimum Gasteiger partial charge on any atom is -0.396 e. The van der Waals surface area contributed by atoms with E-state index in [1.165, 1.54) is 103 Å². The zero-order valence-electron chi connectivity index (χ0n) is 15.0. The lowest BCUT2D eigenvalue weighted by Gasteiger charge is -2.13. The molecule has 0 saturated heterocycles. The summed E-state index contributed by atoms with van der Waals surface area (Å²) in [6.07, 6.45) is 21.9. The Kier molecular flexibility index (Phi) is 18.0. The maximum atomic E-state index is 9.45. The Bertz CT molecular complexity index is 179. The van der Waals surface area contributed by atoms with Gasteiger partial charge < -0.3 is 5.11 Å². The molecule has 0 bridgehead atoms. The molecule has 0 aromatic heterocycles. The monoisotopic (exact) mass is 298 g/mol. The number of rotatable bonds is 17. The minimum atomic E-state index is 0.408. The van der Waals surface area contributed by atoms with Crippen LogP contribution in [0.5, 0.6) is 0 Å². The van der Waals surface area contributed by atoms with Gasteiger partial charge in [-0.05, 0) is 18.8 Å². The van der Waals surface area contributed by atoms with Gasteiger partial charge in [0.15, 0.2) is 0 Å². The van der Waals surface area contributed by atoms with E-state index >= 15 is 0 Å². The van der Waals surface area contributed by atoms with Crippen molar-refractivity contribution in [2.45, 2.75) is 117 Å². The number of hydrogen-bond acceptors (Lipinski definition) is 1. The molecule has 0 saturated carbocycles. The van der Waals surface area contributed by atoms with E-state index in [2.05, 4.69) is 13.8 Å². The van der Waals surface area contributed by atoms with Crippen molar-refractivity contribution in [3.63, 3.8) is 0 Å². The first-order chi connectivity index (χ1) is 10.3. The number of unbranched alkanes of at least 4 members (excludes halogenated alkanes) is 12. The molecule has 0 spiro atoms. The van der Waals surface area contributed by atoms with Crippen molar-refractivity contribution in [3.05, 3.63) is 0 Å². The highest BCUT2D eigenvalue weighted by Crippen LogP contribution is 2.18. The van der Waals surface area contributed by atoms with Crippen molar-refractivity contribution >= 4 is 0 Å². The molecule has 1 atom stereocenters. The zero-order valence-corrected chi connectivity index (χ0v) is 15.0. The molecule has 1 nitrogen and oxygen atoms in total. The van der Waals surface area contributed by atoms with E-state index in [9.17, 15) is 5.11 Å². The first kappa shape index (κ1) is 21.0. The molecule has 0 aromatic rings. The second-order valence-corrected chi connectivity index (χ2v) is 6.87. The smallest absolute Gasteiger partial charge is 0.0459 e. The number of hydrogen-bond donors (Lipinski definition) is 1. The highest BCUT2D eigenvalue weighted by atomic mass is 16.3. The Morgan fingerprint density at radius 2 is 0.857 bits per heavy atom. The lowest BCUT2D eigenvalue weighted by atomic mass is 9.95. The molecule has 0 amide bonds. The van der Waals surface area contributed by atoms with E-state index < -0.39 is 0 Å². The van der Waals surface area contributed by atoms with Gasteiger partial charge in [-0.1, -0.05) is 104 Å². The molecule has 0 aliphatic heterocycles. The van der Waals surface area contributed by atoms with Crippen LogP contribution >= 0.6 is 0 Å². The van der Waals surface area contributed by atoms with Crippen LogP contribution in [0.4, 0.5) is 0 Å². The van der Waals surface area contributed by atoms with Gasteiger partial charge in [-0.3, -0.25) is 0 Å². The summed E-state index contributed by atoms with van der Waals surface area (Å²) in [5, 5.41) is 9.45. The third-order valence-corrected chi connectivity index (χ3v) is 4.69. The van der Waals surface area contributed by atoms with Gasteiger partial charge in [0.2, 0.25) is 0 Å². The van der Waals surface area contributed by atoms with E-state index in [4.69, 9.17) is 0 Å². The third-order valence-electron chi connectivity index (χ3n) is 4.69. The number of aliphatic hydroxyl groups excluding tert-OH is 1. The summed E-state index contributed by atoms with van der Waals surface area (Å²) >= 11 is 0. The quantitative estimate of drug-likeness (QED) is 0.290. The van der Waals surface area contributed by atoms with Gasteiger partial charge in [-0.25, -0.2) is 0 Å². The van der Waals surface area contributed by atoms with Crippen LogP contribution in [-0.4, -0.2) is 11.7 Å².